The van der Waals surface area contributed by atoms with Crippen LogP contribution in [0.15, 0.2) is 29.2 Å². The van der Waals surface area contributed by atoms with Gasteiger partial charge in [0.05, 0.1) is 5.25 Å². The Hall–Kier alpha value is -1.00. The van der Waals surface area contributed by atoms with E-state index in [0.29, 0.717) is 5.92 Å². The number of carbonyl (C=O) groups excluding carboxylic acids is 1. The van der Waals surface area contributed by atoms with E-state index in [1.165, 1.54) is 5.56 Å². The standard InChI is InChI=1S/C17H28N2OS/c1-5-18-12-15-7-6-8-16(11-15)21-14(4)17(20)19-10-9-13(2)3/h6-8,11,13-14,18H,5,9-10,12H2,1-4H3,(H,19,20). The lowest BCUT2D eigenvalue weighted by Gasteiger charge is -2.13. The van der Waals surface area contributed by atoms with Crippen LogP contribution in [-0.4, -0.2) is 24.2 Å². The highest BCUT2D eigenvalue weighted by Crippen LogP contribution is 2.24. The molecule has 0 spiro atoms. The number of hydrogen-bond acceptors (Lipinski definition) is 3. The molecule has 1 rings (SSSR count). The van der Waals surface area contributed by atoms with E-state index in [1.807, 2.05) is 6.92 Å². The number of rotatable bonds is 9. The second-order valence-electron chi connectivity index (χ2n) is 5.66. The summed E-state index contributed by atoms with van der Waals surface area (Å²) >= 11 is 1.62. The van der Waals surface area contributed by atoms with Crippen LogP contribution in [0, 0.1) is 5.92 Å². The predicted molar refractivity (Wildman–Crippen MR) is 91.6 cm³/mol. The predicted octanol–water partition coefficient (Wildman–Crippen LogP) is 3.44. The third-order valence-electron chi connectivity index (χ3n) is 3.18. The largest absolute Gasteiger partial charge is 0.355 e. The minimum atomic E-state index is -0.0634. The van der Waals surface area contributed by atoms with Crippen molar-refractivity contribution >= 4 is 17.7 Å². The van der Waals surface area contributed by atoms with E-state index in [9.17, 15) is 4.79 Å². The van der Waals surface area contributed by atoms with E-state index in [1.54, 1.807) is 11.8 Å². The van der Waals surface area contributed by atoms with Gasteiger partial charge in [0.15, 0.2) is 0 Å². The number of amides is 1. The fourth-order valence-corrected chi connectivity index (χ4v) is 2.86. The zero-order chi connectivity index (χ0) is 15.7. The average Bonchev–Trinajstić information content (AvgIpc) is 2.45. The van der Waals surface area contributed by atoms with Crippen molar-refractivity contribution in [2.75, 3.05) is 13.1 Å². The van der Waals surface area contributed by atoms with Gasteiger partial charge in [-0.1, -0.05) is 32.9 Å². The molecule has 0 heterocycles. The minimum absolute atomic E-state index is 0.0634. The molecule has 21 heavy (non-hydrogen) atoms. The quantitative estimate of drug-likeness (QED) is 0.687. The van der Waals surface area contributed by atoms with E-state index in [-0.39, 0.29) is 11.2 Å². The summed E-state index contributed by atoms with van der Waals surface area (Å²) in [5.74, 6) is 0.744. The van der Waals surface area contributed by atoms with Gasteiger partial charge >= 0.3 is 0 Å². The molecule has 1 aromatic carbocycles. The van der Waals surface area contributed by atoms with Gasteiger partial charge in [-0.2, -0.15) is 0 Å². The monoisotopic (exact) mass is 308 g/mol. The summed E-state index contributed by atoms with van der Waals surface area (Å²) < 4.78 is 0. The lowest BCUT2D eigenvalue weighted by Crippen LogP contribution is -2.32. The van der Waals surface area contributed by atoms with E-state index in [4.69, 9.17) is 0 Å². The van der Waals surface area contributed by atoms with Crippen molar-refractivity contribution in [3.05, 3.63) is 29.8 Å². The van der Waals surface area contributed by atoms with Crippen LogP contribution >= 0.6 is 11.8 Å². The highest BCUT2D eigenvalue weighted by molar-refractivity contribution is 8.00. The Morgan fingerprint density at radius 3 is 2.71 bits per heavy atom. The van der Waals surface area contributed by atoms with Crippen molar-refractivity contribution in [3.8, 4) is 0 Å². The second-order valence-corrected chi connectivity index (χ2v) is 7.08. The molecule has 2 N–H and O–H groups in total. The molecule has 0 aromatic heterocycles. The van der Waals surface area contributed by atoms with Gasteiger partial charge in [-0.15, -0.1) is 11.8 Å². The molecule has 0 bridgehead atoms. The van der Waals surface area contributed by atoms with E-state index >= 15 is 0 Å². The molecule has 0 radical (unpaired) electrons. The zero-order valence-electron chi connectivity index (χ0n) is 13.6. The summed E-state index contributed by atoms with van der Waals surface area (Å²) in [5.41, 5.74) is 1.26. The molecule has 1 amide bonds. The van der Waals surface area contributed by atoms with Crippen molar-refractivity contribution in [1.82, 2.24) is 10.6 Å². The highest BCUT2D eigenvalue weighted by Gasteiger charge is 2.14. The van der Waals surface area contributed by atoms with Crippen LogP contribution in [-0.2, 0) is 11.3 Å². The van der Waals surface area contributed by atoms with Crippen LogP contribution in [0.5, 0.6) is 0 Å². The molecule has 4 heteroatoms. The van der Waals surface area contributed by atoms with Crippen LogP contribution in [0.1, 0.15) is 39.7 Å². The fourth-order valence-electron chi connectivity index (χ4n) is 1.88. The van der Waals surface area contributed by atoms with Crippen molar-refractivity contribution in [2.45, 2.75) is 50.8 Å². The number of carbonyl (C=O) groups is 1. The first-order valence-electron chi connectivity index (χ1n) is 7.77. The molecule has 0 saturated carbocycles. The summed E-state index contributed by atoms with van der Waals surface area (Å²) in [5, 5.41) is 6.27. The molecule has 1 aromatic rings. The van der Waals surface area contributed by atoms with Gasteiger partial charge in [-0.05, 0) is 43.5 Å². The van der Waals surface area contributed by atoms with Crippen molar-refractivity contribution in [2.24, 2.45) is 5.92 Å². The summed E-state index contributed by atoms with van der Waals surface area (Å²) in [6.45, 7) is 11.0. The van der Waals surface area contributed by atoms with Crippen LogP contribution in [0.3, 0.4) is 0 Å². The van der Waals surface area contributed by atoms with Gasteiger partial charge in [-0.3, -0.25) is 4.79 Å². The van der Waals surface area contributed by atoms with Gasteiger partial charge in [0, 0.05) is 18.0 Å². The van der Waals surface area contributed by atoms with Crippen LogP contribution < -0.4 is 10.6 Å². The van der Waals surface area contributed by atoms with E-state index in [2.05, 4.69) is 55.7 Å². The van der Waals surface area contributed by atoms with Crippen molar-refractivity contribution in [1.29, 1.82) is 0 Å². The molecule has 0 saturated heterocycles. The molecule has 1 atom stereocenters. The number of hydrogen-bond donors (Lipinski definition) is 2. The van der Waals surface area contributed by atoms with Gasteiger partial charge in [-0.25, -0.2) is 0 Å². The van der Waals surface area contributed by atoms with Gasteiger partial charge < -0.3 is 10.6 Å². The number of nitrogens with one attached hydrogen (secondary N) is 2. The van der Waals surface area contributed by atoms with Crippen LogP contribution in [0.4, 0.5) is 0 Å². The maximum absolute atomic E-state index is 12.0. The van der Waals surface area contributed by atoms with Crippen LogP contribution in [0.25, 0.3) is 0 Å². The molecular weight excluding hydrogens is 280 g/mol. The Bertz CT molecular complexity index is 435. The van der Waals surface area contributed by atoms with Crippen LogP contribution in [0.2, 0.25) is 0 Å². The molecular formula is C17H28N2OS. The minimum Gasteiger partial charge on any atom is -0.355 e. The Morgan fingerprint density at radius 1 is 1.29 bits per heavy atom. The molecule has 0 aliphatic rings. The van der Waals surface area contributed by atoms with E-state index < -0.39 is 0 Å². The molecule has 0 fully saturated rings. The topological polar surface area (TPSA) is 41.1 Å². The Kier molecular flexibility index (Phi) is 8.47. The third-order valence-corrected chi connectivity index (χ3v) is 4.27. The first kappa shape index (κ1) is 18.1. The van der Waals surface area contributed by atoms with Gasteiger partial charge in [0.2, 0.25) is 5.91 Å². The maximum atomic E-state index is 12.0. The van der Waals surface area contributed by atoms with E-state index in [0.717, 1.165) is 31.0 Å². The number of thioether (sulfide) groups is 1. The molecule has 1 unspecified atom stereocenters. The first-order valence-corrected chi connectivity index (χ1v) is 8.65. The maximum Gasteiger partial charge on any atom is 0.233 e. The Labute approximate surface area is 133 Å². The average molecular weight is 308 g/mol. The van der Waals surface area contributed by atoms with Gasteiger partial charge in [0.25, 0.3) is 0 Å². The lowest BCUT2D eigenvalue weighted by atomic mass is 10.1. The Morgan fingerprint density at radius 2 is 2.05 bits per heavy atom. The number of benzene rings is 1. The van der Waals surface area contributed by atoms with Crippen molar-refractivity contribution < 1.29 is 4.79 Å². The summed E-state index contributed by atoms with van der Waals surface area (Å²) in [6.07, 6.45) is 1.03. The lowest BCUT2D eigenvalue weighted by molar-refractivity contribution is -0.120. The van der Waals surface area contributed by atoms with Gasteiger partial charge in [0.1, 0.15) is 0 Å². The SMILES string of the molecule is CCNCc1cccc(SC(C)C(=O)NCCC(C)C)c1. The molecule has 0 aliphatic carbocycles. The summed E-state index contributed by atoms with van der Waals surface area (Å²) in [4.78, 5) is 13.2. The fraction of sp³-hybridized carbons (Fsp3) is 0.588. The molecule has 0 aliphatic heterocycles. The summed E-state index contributed by atoms with van der Waals surface area (Å²) in [6, 6.07) is 8.39. The normalized spacial score (nSPS) is 12.4. The first-order chi connectivity index (χ1) is 10.0. The second kappa shape index (κ2) is 9.85. The zero-order valence-corrected chi connectivity index (χ0v) is 14.4. The highest BCUT2D eigenvalue weighted by atomic mass is 32.2. The molecule has 118 valence electrons. The Balaban J connectivity index is 2.45. The third kappa shape index (κ3) is 7.53. The summed E-state index contributed by atoms with van der Waals surface area (Å²) in [7, 11) is 0. The smallest absolute Gasteiger partial charge is 0.233 e. The molecule has 3 nitrogen and oxygen atoms in total. The van der Waals surface area contributed by atoms with Crippen molar-refractivity contribution in [3.63, 3.8) is 0 Å².